The van der Waals surface area contributed by atoms with Gasteiger partial charge in [0.15, 0.2) is 0 Å². The standard InChI is InChI=1S/C15H24N4O/c1-3-4-11-5-7-12(8-6-11)19-15(20)13-9-18-14(16-2)10-17-13/h9-12H,3-8H2,1-2H3,(H,16,18)(H,19,20). The number of nitrogens with one attached hydrogen (secondary N) is 2. The maximum Gasteiger partial charge on any atom is 0.271 e. The molecule has 1 aliphatic carbocycles. The van der Waals surface area contributed by atoms with Gasteiger partial charge in [-0.2, -0.15) is 0 Å². The van der Waals surface area contributed by atoms with Crippen molar-refractivity contribution in [2.24, 2.45) is 5.92 Å². The van der Waals surface area contributed by atoms with E-state index in [9.17, 15) is 4.79 Å². The molecule has 2 N–H and O–H groups in total. The van der Waals surface area contributed by atoms with Crippen LogP contribution in [-0.4, -0.2) is 29.0 Å². The van der Waals surface area contributed by atoms with Crippen LogP contribution in [0.3, 0.4) is 0 Å². The predicted octanol–water partition coefficient (Wildman–Crippen LogP) is 2.61. The van der Waals surface area contributed by atoms with Gasteiger partial charge in [0, 0.05) is 13.1 Å². The van der Waals surface area contributed by atoms with Gasteiger partial charge in [-0.15, -0.1) is 0 Å². The number of carbonyl (C=O) groups excluding carboxylic acids is 1. The minimum absolute atomic E-state index is 0.112. The average molecular weight is 276 g/mol. The first-order valence-electron chi connectivity index (χ1n) is 7.53. The van der Waals surface area contributed by atoms with Crippen molar-refractivity contribution in [1.29, 1.82) is 0 Å². The third-order valence-corrected chi connectivity index (χ3v) is 4.02. The smallest absolute Gasteiger partial charge is 0.271 e. The van der Waals surface area contributed by atoms with Crippen molar-refractivity contribution in [2.75, 3.05) is 12.4 Å². The Bertz CT molecular complexity index is 424. The van der Waals surface area contributed by atoms with Crippen LogP contribution in [0.1, 0.15) is 55.9 Å². The molecule has 20 heavy (non-hydrogen) atoms. The highest BCUT2D eigenvalue weighted by atomic mass is 16.1. The Morgan fingerprint density at radius 3 is 2.55 bits per heavy atom. The second-order valence-corrected chi connectivity index (χ2v) is 5.52. The van der Waals surface area contributed by atoms with Crippen molar-refractivity contribution in [2.45, 2.75) is 51.5 Å². The summed E-state index contributed by atoms with van der Waals surface area (Å²) in [6, 6.07) is 0.293. The molecule has 0 saturated heterocycles. The molecule has 0 atom stereocenters. The van der Waals surface area contributed by atoms with E-state index >= 15 is 0 Å². The van der Waals surface area contributed by atoms with E-state index in [0.717, 1.165) is 18.8 Å². The van der Waals surface area contributed by atoms with Crippen molar-refractivity contribution in [3.63, 3.8) is 0 Å². The molecule has 0 aliphatic heterocycles. The van der Waals surface area contributed by atoms with Gasteiger partial charge < -0.3 is 10.6 Å². The molecular formula is C15H24N4O. The van der Waals surface area contributed by atoms with Gasteiger partial charge in [-0.05, 0) is 31.6 Å². The van der Waals surface area contributed by atoms with E-state index < -0.39 is 0 Å². The van der Waals surface area contributed by atoms with Crippen LogP contribution >= 0.6 is 0 Å². The summed E-state index contributed by atoms with van der Waals surface area (Å²) in [5.41, 5.74) is 0.389. The third kappa shape index (κ3) is 3.92. The Morgan fingerprint density at radius 2 is 2.00 bits per heavy atom. The van der Waals surface area contributed by atoms with Crippen LogP contribution in [0.4, 0.5) is 5.82 Å². The summed E-state index contributed by atoms with van der Waals surface area (Å²) in [5, 5.41) is 5.96. The number of anilines is 1. The molecule has 0 aromatic carbocycles. The molecule has 1 amide bonds. The fraction of sp³-hybridized carbons (Fsp3) is 0.667. The van der Waals surface area contributed by atoms with Crippen LogP contribution < -0.4 is 10.6 Å². The molecule has 5 heteroatoms. The van der Waals surface area contributed by atoms with Gasteiger partial charge in [-0.25, -0.2) is 9.97 Å². The highest BCUT2D eigenvalue weighted by Gasteiger charge is 2.22. The minimum atomic E-state index is -0.112. The summed E-state index contributed by atoms with van der Waals surface area (Å²) in [6.07, 6.45) is 10.3. The van der Waals surface area contributed by atoms with Crippen molar-refractivity contribution in [1.82, 2.24) is 15.3 Å². The number of amides is 1. The molecule has 2 rings (SSSR count). The van der Waals surface area contributed by atoms with E-state index in [1.807, 2.05) is 0 Å². The monoisotopic (exact) mass is 276 g/mol. The number of nitrogens with zero attached hydrogens (tertiary/aromatic N) is 2. The maximum atomic E-state index is 12.1. The highest BCUT2D eigenvalue weighted by Crippen LogP contribution is 2.27. The first kappa shape index (κ1) is 14.8. The lowest BCUT2D eigenvalue weighted by Crippen LogP contribution is -2.38. The van der Waals surface area contributed by atoms with E-state index in [0.29, 0.717) is 17.6 Å². The van der Waals surface area contributed by atoms with Gasteiger partial charge in [0.1, 0.15) is 11.5 Å². The van der Waals surface area contributed by atoms with Crippen molar-refractivity contribution in [3.8, 4) is 0 Å². The van der Waals surface area contributed by atoms with Crippen LogP contribution in [0.15, 0.2) is 12.4 Å². The zero-order valence-corrected chi connectivity index (χ0v) is 12.4. The van der Waals surface area contributed by atoms with Gasteiger partial charge in [0.2, 0.25) is 0 Å². The Kier molecular flexibility index (Phi) is 5.32. The van der Waals surface area contributed by atoms with Gasteiger partial charge in [0.25, 0.3) is 5.91 Å². The van der Waals surface area contributed by atoms with Crippen LogP contribution in [0.5, 0.6) is 0 Å². The van der Waals surface area contributed by atoms with Crippen molar-refractivity contribution in [3.05, 3.63) is 18.1 Å². The molecule has 5 nitrogen and oxygen atoms in total. The van der Waals surface area contributed by atoms with E-state index in [4.69, 9.17) is 0 Å². The van der Waals surface area contributed by atoms with Crippen LogP contribution in [-0.2, 0) is 0 Å². The molecule has 0 bridgehead atoms. The Balaban J connectivity index is 1.82. The summed E-state index contributed by atoms with van der Waals surface area (Å²) in [6.45, 7) is 2.24. The minimum Gasteiger partial charge on any atom is -0.372 e. The summed E-state index contributed by atoms with van der Waals surface area (Å²) >= 11 is 0. The van der Waals surface area contributed by atoms with E-state index in [1.165, 1.54) is 31.9 Å². The lowest BCUT2D eigenvalue weighted by atomic mass is 9.83. The SMILES string of the molecule is CCCC1CCC(NC(=O)c2cnc(NC)cn2)CC1. The molecule has 1 saturated carbocycles. The third-order valence-electron chi connectivity index (χ3n) is 4.02. The normalized spacial score (nSPS) is 22.3. The summed E-state index contributed by atoms with van der Waals surface area (Å²) in [7, 11) is 1.78. The Morgan fingerprint density at radius 1 is 1.25 bits per heavy atom. The molecular weight excluding hydrogens is 252 g/mol. The fourth-order valence-corrected chi connectivity index (χ4v) is 2.84. The second kappa shape index (κ2) is 7.22. The zero-order valence-electron chi connectivity index (χ0n) is 12.4. The number of hydrogen-bond acceptors (Lipinski definition) is 4. The summed E-state index contributed by atoms with van der Waals surface area (Å²) < 4.78 is 0. The Hall–Kier alpha value is -1.65. The Labute approximate surface area is 120 Å². The predicted molar refractivity (Wildman–Crippen MR) is 79.7 cm³/mol. The fourth-order valence-electron chi connectivity index (χ4n) is 2.84. The number of rotatable bonds is 5. The highest BCUT2D eigenvalue weighted by molar-refractivity contribution is 5.92. The molecule has 110 valence electrons. The lowest BCUT2D eigenvalue weighted by Gasteiger charge is -2.28. The molecule has 0 spiro atoms. The van der Waals surface area contributed by atoms with E-state index in [-0.39, 0.29) is 5.91 Å². The van der Waals surface area contributed by atoms with E-state index in [1.54, 1.807) is 13.2 Å². The van der Waals surface area contributed by atoms with Crippen molar-refractivity contribution < 1.29 is 4.79 Å². The topological polar surface area (TPSA) is 66.9 Å². The molecule has 1 aromatic rings. The quantitative estimate of drug-likeness (QED) is 0.867. The molecule has 1 aliphatic rings. The largest absolute Gasteiger partial charge is 0.372 e. The molecule has 1 aromatic heterocycles. The van der Waals surface area contributed by atoms with Gasteiger partial charge in [-0.1, -0.05) is 19.8 Å². The molecule has 1 heterocycles. The number of carbonyl (C=O) groups is 1. The molecule has 0 radical (unpaired) electrons. The number of aromatic nitrogens is 2. The van der Waals surface area contributed by atoms with Gasteiger partial charge in [-0.3, -0.25) is 4.79 Å². The van der Waals surface area contributed by atoms with Crippen LogP contribution in [0, 0.1) is 5.92 Å². The average Bonchev–Trinajstić information content (AvgIpc) is 2.49. The molecule has 0 unspecified atom stereocenters. The summed E-state index contributed by atoms with van der Waals surface area (Å²) in [5.74, 6) is 1.41. The first-order chi connectivity index (χ1) is 9.72. The summed E-state index contributed by atoms with van der Waals surface area (Å²) in [4.78, 5) is 20.3. The van der Waals surface area contributed by atoms with Crippen LogP contribution in [0.25, 0.3) is 0 Å². The number of hydrogen-bond donors (Lipinski definition) is 2. The second-order valence-electron chi connectivity index (χ2n) is 5.52. The molecule has 1 fully saturated rings. The zero-order chi connectivity index (χ0) is 14.4. The van der Waals surface area contributed by atoms with Crippen molar-refractivity contribution >= 4 is 11.7 Å². The lowest BCUT2D eigenvalue weighted by molar-refractivity contribution is 0.0915. The van der Waals surface area contributed by atoms with Gasteiger partial charge >= 0.3 is 0 Å². The van der Waals surface area contributed by atoms with E-state index in [2.05, 4.69) is 27.5 Å². The van der Waals surface area contributed by atoms with Gasteiger partial charge in [0.05, 0.1) is 12.4 Å². The first-order valence-corrected chi connectivity index (χ1v) is 7.53. The van der Waals surface area contributed by atoms with Crippen LogP contribution in [0.2, 0.25) is 0 Å². The maximum absolute atomic E-state index is 12.1.